The van der Waals surface area contributed by atoms with Crippen LogP contribution in [0.25, 0.3) is 0 Å². The predicted octanol–water partition coefficient (Wildman–Crippen LogP) is 2.31. The molecule has 1 amide bonds. The normalized spacial score (nSPS) is 13.1. The Balaban J connectivity index is 2.14. The number of carbonyl (C=O) groups is 1. The summed E-state index contributed by atoms with van der Waals surface area (Å²) < 4.78 is 48.6. The van der Waals surface area contributed by atoms with Gasteiger partial charge in [0.25, 0.3) is 5.91 Å². The highest BCUT2D eigenvalue weighted by atomic mass is 32.1. The molecule has 21 heavy (non-hydrogen) atoms. The van der Waals surface area contributed by atoms with E-state index in [9.17, 15) is 18.0 Å². The van der Waals surface area contributed by atoms with Crippen LogP contribution in [0.4, 0.5) is 13.2 Å². The smallest absolute Gasteiger partial charge is 0.415 e. The number of amides is 1. The van der Waals surface area contributed by atoms with Crippen molar-refractivity contribution in [2.75, 3.05) is 7.11 Å². The Morgan fingerprint density at radius 3 is 2.90 bits per heavy atom. The maximum absolute atomic E-state index is 13.0. The van der Waals surface area contributed by atoms with Crippen LogP contribution in [0.3, 0.4) is 0 Å². The maximum atomic E-state index is 13.0. The van der Waals surface area contributed by atoms with Crippen LogP contribution in [-0.4, -0.2) is 29.2 Å². The molecule has 0 spiro atoms. The molecule has 0 aliphatic carbocycles. The zero-order valence-electron chi connectivity index (χ0n) is 10.7. The minimum Gasteiger partial charge on any atom is -0.446 e. The number of aromatic nitrogens is 2. The number of carbonyl (C=O) groups excluding carboxylic acids is 1. The van der Waals surface area contributed by atoms with Gasteiger partial charge in [-0.15, -0.1) is 11.3 Å². The molecule has 0 aromatic carbocycles. The molecule has 114 valence electrons. The first-order valence-corrected chi connectivity index (χ1v) is 6.50. The van der Waals surface area contributed by atoms with Crippen LogP contribution in [0.15, 0.2) is 22.3 Å². The van der Waals surface area contributed by atoms with E-state index in [0.29, 0.717) is 0 Å². The fourth-order valence-corrected chi connectivity index (χ4v) is 2.18. The van der Waals surface area contributed by atoms with Crippen LogP contribution in [0.5, 0.6) is 0 Å². The lowest BCUT2D eigenvalue weighted by atomic mass is 10.3. The first kappa shape index (κ1) is 15.4. The predicted molar refractivity (Wildman–Crippen MR) is 65.6 cm³/mol. The van der Waals surface area contributed by atoms with Gasteiger partial charge in [-0.3, -0.25) is 4.79 Å². The third-order valence-electron chi connectivity index (χ3n) is 2.35. The van der Waals surface area contributed by atoms with Gasteiger partial charge in [-0.25, -0.2) is 9.97 Å². The molecule has 0 fully saturated rings. The Morgan fingerprint density at radius 1 is 1.57 bits per heavy atom. The number of thiazole rings is 1. The van der Waals surface area contributed by atoms with Crippen LogP contribution in [0.1, 0.15) is 27.4 Å². The second kappa shape index (κ2) is 6.22. The fraction of sp³-hybridized carbons (Fsp3) is 0.364. The van der Waals surface area contributed by atoms with Gasteiger partial charge in [0.2, 0.25) is 5.89 Å². The molecule has 2 heterocycles. The number of halogens is 3. The number of hydrogen-bond donors (Lipinski definition) is 1. The molecule has 0 saturated heterocycles. The molecule has 1 atom stereocenters. The van der Waals surface area contributed by atoms with E-state index in [1.165, 1.54) is 18.7 Å². The fourth-order valence-electron chi connectivity index (χ4n) is 1.47. The lowest BCUT2D eigenvalue weighted by Gasteiger charge is -2.18. The van der Waals surface area contributed by atoms with Gasteiger partial charge >= 0.3 is 6.18 Å². The molecule has 1 unspecified atom stereocenters. The van der Waals surface area contributed by atoms with Crippen LogP contribution < -0.4 is 5.32 Å². The Kier molecular flexibility index (Phi) is 4.58. The number of nitrogens with one attached hydrogen (secondary N) is 1. The van der Waals surface area contributed by atoms with Crippen molar-refractivity contribution >= 4 is 17.2 Å². The molecule has 6 nitrogen and oxygen atoms in total. The van der Waals surface area contributed by atoms with Gasteiger partial charge < -0.3 is 14.5 Å². The highest BCUT2D eigenvalue weighted by Crippen LogP contribution is 2.33. The van der Waals surface area contributed by atoms with Crippen molar-refractivity contribution in [3.63, 3.8) is 0 Å². The zero-order chi connectivity index (χ0) is 15.5. The summed E-state index contributed by atoms with van der Waals surface area (Å²) in [5, 5.41) is 2.99. The Hall–Kier alpha value is -1.94. The highest BCUT2D eigenvalue weighted by Gasteiger charge is 2.44. The largest absolute Gasteiger partial charge is 0.446 e. The first-order valence-electron chi connectivity index (χ1n) is 5.62. The minimum absolute atomic E-state index is 0.0163. The Bertz CT molecular complexity index is 597. The van der Waals surface area contributed by atoms with Crippen molar-refractivity contribution in [3.05, 3.63) is 34.4 Å². The summed E-state index contributed by atoms with van der Waals surface area (Å²) >= 11 is 0.799. The lowest BCUT2D eigenvalue weighted by molar-refractivity contribution is -0.155. The third-order valence-corrected chi connectivity index (χ3v) is 3.19. The number of alkyl halides is 3. The number of hydrogen-bond acceptors (Lipinski definition) is 6. The summed E-state index contributed by atoms with van der Waals surface area (Å²) in [6.45, 7) is 0.0163. The Labute approximate surface area is 121 Å². The summed E-state index contributed by atoms with van der Waals surface area (Å²) in [6.07, 6.45) is -2.46. The summed E-state index contributed by atoms with van der Waals surface area (Å²) in [7, 11) is 1.39. The number of nitrogens with zero attached hydrogens (tertiary/aromatic N) is 2. The van der Waals surface area contributed by atoms with E-state index in [0.717, 1.165) is 17.6 Å². The van der Waals surface area contributed by atoms with Gasteiger partial charge in [-0.2, -0.15) is 13.2 Å². The van der Waals surface area contributed by atoms with Crippen LogP contribution >= 0.6 is 11.3 Å². The van der Waals surface area contributed by atoms with Crippen LogP contribution in [0.2, 0.25) is 0 Å². The molecule has 0 saturated carbocycles. The average molecular weight is 321 g/mol. The van der Waals surface area contributed by atoms with Crippen molar-refractivity contribution in [1.82, 2.24) is 15.3 Å². The SMILES string of the molecule is COCc1nc(C(=O)NC(c2nccs2)C(F)(F)F)co1. The third kappa shape index (κ3) is 3.79. The second-order valence-corrected chi connectivity index (χ2v) is 4.80. The van der Waals surface area contributed by atoms with Crippen LogP contribution in [-0.2, 0) is 11.3 Å². The molecule has 0 bridgehead atoms. The molecule has 1 N–H and O–H groups in total. The van der Waals surface area contributed by atoms with Gasteiger partial charge in [0.15, 0.2) is 11.7 Å². The van der Waals surface area contributed by atoms with Gasteiger partial charge in [0, 0.05) is 18.7 Å². The lowest BCUT2D eigenvalue weighted by Crippen LogP contribution is -2.38. The molecule has 0 radical (unpaired) electrons. The number of methoxy groups -OCH3 is 1. The van der Waals surface area contributed by atoms with Crippen LogP contribution in [0, 0.1) is 0 Å². The van der Waals surface area contributed by atoms with Crippen molar-refractivity contribution in [2.45, 2.75) is 18.8 Å². The number of oxazole rings is 1. The van der Waals surface area contributed by atoms with Crippen molar-refractivity contribution in [1.29, 1.82) is 0 Å². The van der Waals surface area contributed by atoms with E-state index < -0.39 is 18.1 Å². The maximum Gasteiger partial charge on any atom is 0.415 e. The van der Waals surface area contributed by atoms with E-state index in [1.807, 2.05) is 5.32 Å². The molecule has 2 aromatic heterocycles. The summed E-state index contributed by atoms with van der Waals surface area (Å²) in [6, 6.07) is -2.19. The summed E-state index contributed by atoms with van der Waals surface area (Å²) in [4.78, 5) is 19.1. The van der Waals surface area contributed by atoms with E-state index in [4.69, 9.17) is 9.15 Å². The van der Waals surface area contributed by atoms with E-state index in [-0.39, 0.29) is 23.2 Å². The monoisotopic (exact) mass is 321 g/mol. The van der Waals surface area contributed by atoms with E-state index in [2.05, 4.69) is 9.97 Å². The molecular weight excluding hydrogens is 311 g/mol. The zero-order valence-corrected chi connectivity index (χ0v) is 11.5. The average Bonchev–Trinajstić information content (AvgIpc) is 3.05. The molecule has 0 aliphatic heterocycles. The summed E-state index contributed by atoms with van der Waals surface area (Å²) in [5.74, 6) is -0.904. The van der Waals surface area contributed by atoms with Crippen molar-refractivity contribution in [2.24, 2.45) is 0 Å². The van der Waals surface area contributed by atoms with E-state index in [1.54, 1.807) is 0 Å². The highest BCUT2D eigenvalue weighted by molar-refractivity contribution is 7.09. The topological polar surface area (TPSA) is 77.2 Å². The minimum atomic E-state index is -4.66. The molecule has 2 rings (SSSR count). The van der Waals surface area contributed by atoms with E-state index >= 15 is 0 Å². The molecule has 10 heteroatoms. The summed E-state index contributed by atoms with van der Waals surface area (Å²) in [5.41, 5.74) is -0.257. The van der Waals surface area contributed by atoms with Gasteiger partial charge in [-0.05, 0) is 0 Å². The van der Waals surface area contributed by atoms with Crippen molar-refractivity contribution < 1.29 is 27.1 Å². The number of rotatable bonds is 5. The number of ether oxygens (including phenoxy) is 1. The first-order chi connectivity index (χ1) is 9.91. The van der Waals surface area contributed by atoms with Gasteiger partial charge in [0.05, 0.1) is 0 Å². The van der Waals surface area contributed by atoms with Crippen molar-refractivity contribution in [3.8, 4) is 0 Å². The standard InChI is InChI=1S/C11H10F3N3O3S/c1-19-5-7-16-6(4-20-7)9(18)17-8(11(12,13)14)10-15-2-3-21-10/h2-4,8H,5H2,1H3,(H,17,18). The molecule has 2 aromatic rings. The molecular formula is C11H10F3N3O3S. The second-order valence-electron chi connectivity index (χ2n) is 3.88. The van der Waals surface area contributed by atoms with Gasteiger partial charge in [-0.1, -0.05) is 0 Å². The molecule has 0 aliphatic rings. The quantitative estimate of drug-likeness (QED) is 0.914. The van der Waals surface area contributed by atoms with Gasteiger partial charge in [0.1, 0.15) is 17.9 Å². The Morgan fingerprint density at radius 2 is 2.33 bits per heavy atom.